The average Bonchev–Trinajstić information content (AvgIpc) is 3.00. The number of rotatable bonds is 4. The summed E-state index contributed by atoms with van der Waals surface area (Å²) in [6, 6.07) is 0.600. The van der Waals surface area contributed by atoms with Crippen molar-refractivity contribution >= 4 is 5.91 Å². The van der Waals surface area contributed by atoms with E-state index in [-0.39, 0.29) is 12.0 Å². The number of morpholine rings is 1. The van der Waals surface area contributed by atoms with Crippen molar-refractivity contribution < 1.29 is 14.3 Å². The van der Waals surface area contributed by atoms with Crippen LogP contribution in [0.4, 0.5) is 0 Å². The summed E-state index contributed by atoms with van der Waals surface area (Å²) in [7, 11) is 0. The highest BCUT2D eigenvalue weighted by Crippen LogP contribution is 2.29. The van der Waals surface area contributed by atoms with Gasteiger partial charge in [0.15, 0.2) is 0 Å². The van der Waals surface area contributed by atoms with Gasteiger partial charge in [-0.1, -0.05) is 0 Å². The maximum absolute atomic E-state index is 12.5. The number of hydrogen-bond acceptors (Lipinski definition) is 5. The molecule has 0 radical (unpaired) electrons. The molecule has 6 nitrogen and oxygen atoms in total. The van der Waals surface area contributed by atoms with Crippen molar-refractivity contribution in [2.24, 2.45) is 11.1 Å². The van der Waals surface area contributed by atoms with Crippen molar-refractivity contribution in [1.82, 2.24) is 10.2 Å². The van der Waals surface area contributed by atoms with E-state index in [0.29, 0.717) is 32.3 Å². The van der Waals surface area contributed by atoms with Crippen molar-refractivity contribution in [2.75, 3.05) is 46.0 Å². The monoisotopic (exact) mass is 297 g/mol. The molecule has 3 rings (SSSR count). The molecule has 3 aliphatic heterocycles. The number of ether oxygens (including phenoxy) is 2. The van der Waals surface area contributed by atoms with E-state index in [2.05, 4.69) is 10.2 Å². The fourth-order valence-corrected chi connectivity index (χ4v) is 3.69. The number of hydrogen-bond donors (Lipinski definition) is 2. The number of nitrogens with two attached hydrogens (primary N) is 1. The van der Waals surface area contributed by atoms with Crippen molar-refractivity contribution in [3.05, 3.63) is 0 Å². The van der Waals surface area contributed by atoms with E-state index in [1.807, 2.05) is 0 Å². The minimum Gasteiger partial charge on any atom is -0.381 e. The summed E-state index contributed by atoms with van der Waals surface area (Å²) < 4.78 is 11.2. The summed E-state index contributed by atoms with van der Waals surface area (Å²) in [6.45, 7) is 5.13. The molecule has 3 heterocycles. The van der Waals surface area contributed by atoms with Gasteiger partial charge in [-0.05, 0) is 32.2 Å². The summed E-state index contributed by atoms with van der Waals surface area (Å²) in [5.41, 5.74) is 5.42. The highest BCUT2D eigenvalue weighted by molar-refractivity contribution is 5.83. The van der Waals surface area contributed by atoms with Gasteiger partial charge >= 0.3 is 0 Å². The predicted octanol–water partition coefficient (Wildman–Crippen LogP) is -0.279. The first-order chi connectivity index (χ1) is 10.2. The fourth-order valence-electron chi connectivity index (χ4n) is 3.69. The zero-order valence-electron chi connectivity index (χ0n) is 12.7. The second-order valence-electron chi connectivity index (χ2n) is 6.55. The molecular formula is C15H27N3O3. The molecule has 6 heteroatoms. The molecule has 3 fully saturated rings. The van der Waals surface area contributed by atoms with E-state index in [0.717, 1.165) is 26.0 Å². The van der Waals surface area contributed by atoms with E-state index < -0.39 is 5.41 Å². The van der Waals surface area contributed by atoms with Crippen molar-refractivity contribution in [1.29, 1.82) is 0 Å². The van der Waals surface area contributed by atoms with Crippen LogP contribution in [0.1, 0.15) is 25.7 Å². The molecule has 0 saturated carbocycles. The Hall–Kier alpha value is -0.690. The number of nitrogens with zero attached hydrogens (tertiary/aromatic N) is 1. The molecular weight excluding hydrogens is 270 g/mol. The van der Waals surface area contributed by atoms with Gasteiger partial charge in [0.05, 0.1) is 18.1 Å². The zero-order valence-corrected chi connectivity index (χ0v) is 12.7. The summed E-state index contributed by atoms with van der Waals surface area (Å²) >= 11 is 0. The van der Waals surface area contributed by atoms with E-state index in [4.69, 9.17) is 15.2 Å². The molecule has 3 aliphatic rings. The number of amides is 1. The Morgan fingerprint density at radius 3 is 2.95 bits per heavy atom. The first-order valence-electron chi connectivity index (χ1n) is 8.15. The van der Waals surface area contributed by atoms with E-state index in [1.165, 1.54) is 19.4 Å². The standard InChI is InChI=1S/C15H27N3O3/c16-11-15(3-6-20-7-4-15)14(19)17-8-13-9-18-5-1-2-12(18)10-21-13/h12-13H,1-11,16H2,(H,17,19). The molecule has 0 spiro atoms. The van der Waals surface area contributed by atoms with Crippen LogP contribution < -0.4 is 11.1 Å². The van der Waals surface area contributed by atoms with Crippen molar-refractivity contribution in [3.8, 4) is 0 Å². The van der Waals surface area contributed by atoms with Gasteiger partial charge in [-0.25, -0.2) is 0 Å². The number of fused-ring (bicyclic) bond motifs is 1. The third-order valence-electron chi connectivity index (χ3n) is 5.27. The second-order valence-corrected chi connectivity index (χ2v) is 6.55. The van der Waals surface area contributed by atoms with Gasteiger partial charge in [-0.2, -0.15) is 0 Å². The van der Waals surface area contributed by atoms with Crippen LogP contribution in [0.25, 0.3) is 0 Å². The van der Waals surface area contributed by atoms with Gasteiger partial charge in [0.25, 0.3) is 0 Å². The van der Waals surface area contributed by atoms with E-state index in [1.54, 1.807) is 0 Å². The Labute approximate surface area is 126 Å². The first kappa shape index (κ1) is 15.2. The number of carbonyl (C=O) groups is 1. The lowest BCUT2D eigenvalue weighted by Crippen LogP contribution is -2.54. The fraction of sp³-hybridized carbons (Fsp3) is 0.933. The summed E-state index contributed by atoms with van der Waals surface area (Å²) in [5, 5.41) is 3.07. The van der Waals surface area contributed by atoms with Crippen LogP contribution in [0.3, 0.4) is 0 Å². The van der Waals surface area contributed by atoms with Gasteiger partial charge < -0.3 is 20.5 Å². The third-order valence-corrected chi connectivity index (χ3v) is 5.27. The van der Waals surface area contributed by atoms with E-state index >= 15 is 0 Å². The second kappa shape index (κ2) is 6.60. The molecule has 0 aromatic heterocycles. The SMILES string of the molecule is NCC1(C(=O)NCC2CN3CCCC3CO2)CCOCC1. The molecule has 120 valence electrons. The van der Waals surface area contributed by atoms with Gasteiger partial charge in [0.2, 0.25) is 5.91 Å². The lowest BCUT2D eigenvalue weighted by atomic mass is 9.79. The van der Waals surface area contributed by atoms with Gasteiger partial charge in [0.1, 0.15) is 0 Å². The Morgan fingerprint density at radius 2 is 2.19 bits per heavy atom. The molecule has 21 heavy (non-hydrogen) atoms. The average molecular weight is 297 g/mol. The Bertz CT molecular complexity index is 371. The lowest BCUT2D eigenvalue weighted by molar-refractivity contribution is -0.137. The quantitative estimate of drug-likeness (QED) is 0.746. The van der Waals surface area contributed by atoms with Crippen LogP contribution in [-0.4, -0.2) is 69.0 Å². The summed E-state index contributed by atoms with van der Waals surface area (Å²) in [5.74, 6) is 0.0699. The van der Waals surface area contributed by atoms with Gasteiger partial charge in [0, 0.05) is 38.9 Å². The van der Waals surface area contributed by atoms with Crippen LogP contribution in [-0.2, 0) is 14.3 Å². The Morgan fingerprint density at radius 1 is 1.38 bits per heavy atom. The Kier molecular flexibility index (Phi) is 4.78. The normalized spacial score (nSPS) is 32.6. The maximum Gasteiger partial charge on any atom is 0.227 e. The molecule has 3 saturated heterocycles. The first-order valence-corrected chi connectivity index (χ1v) is 8.15. The molecule has 0 aromatic rings. The minimum atomic E-state index is -0.441. The predicted molar refractivity (Wildman–Crippen MR) is 78.9 cm³/mol. The zero-order chi connectivity index (χ0) is 14.7. The van der Waals surface area contributed by atoms with Crippen LogP contribution >= 0.6 is 0 Å². The molecule has 1 amide bonds. The van der Waals surface area contributed by atoms with Gasteiger partial charge in [-0.3, -0.25) is 9.69 Å². The third kappa shape index (κ3) is 3.23. The maximum atomic E-state index is 12.5. The summed E-state index contributed by atoms with van der Waals surface area (Å²) in [4.78, 5) is 15.0. The van der Waals surface area contributed by atoms with Crippen LogP contribution in [0.2, 0.25) is 0 Å². The van der Waals surface area contributed by atoms with Crippen molar-refractivity contribution in [2.45, 2.75) is 37.8 Å². The number of nitrogens with one attached hydrogen (secondary N) is 1. The highest BCUT2D eigenvalue weighted by Gasteiger charge is 2.39. The number of carbonyl (C=O) groups excluding carboxylic acids is 1. The van der Waals surface area contributed by atoms with Crippen LogP contribution in [0.15, 0.2) is 0 Å². The van der Waals surface area contributed by atoms with Crippen LogP contribution in [0.5, 0.6) is 0 Å². The van der Waals surface area contributed by atoms with Crippen LogP contribution in [0, 0.1) is 5.41 Å². The molecule has 2 unspecified atom stereocenters. The van der Waals surface area contributed by atoms with Crippen molar-refractivity contribution in [3.63, 3.8) is 0 Å². The lowest BCUT2D eigenvalue weighted by Gasteiger charge is -2.37. The summed E-state index contributed by atoms with van der Waals surface area (Å²) in [6.07, 6.45) is 4.06. The molecule has 0 aliphatic carbocycles. The molecule has 2 atom stereocenters. The van der Waals surface area contributed by atoms with E-state index in [9.17, 15) is 4.79 Å². The largest absolute Gasteiger partial charge is 0.381 e. The highest BCUT2D eigenvalue weighted by atomic mass is 16.5. The molecule has 3 N–H and O–H groups in total. The van der Waals surface area contributed by atoms with Gasteiger partial charge in [-0.15, -0.1) is 0 Å². The minimum absolute atomic E-state index is 0.0699. The molecule has 0 bridgehead atoms. The topological polar surface area (TPSA) is 76.8 Å². The smallest absolute Gasteiger partial charge is 0.227 e. The molecule has 0 aromatic carbocycles. The Balaban J connectivity index is 1.49.